The van der Waals surface area contributed by atoms with Crippen molar-refractivity contribution >= 4 is 13.6 Å². The number of hydrogen-bond donors (Lipinski definition) is 0. The quantitative estimate of drug-likeness (QED) is 0.198. The number of unbranched alkanes of at least 4 members (excludes halogenated alkanes) is 2. The van der Waals surface area contributed by atoms with E-state index in [1.807, 2.05) is 6.08 Å². The maximum absolute atomic E-state index is 4.02. The Bertz CT molecular complexity index is 802. The summed E-state index contributed by atoms with van der Waals surface area (Å²) in [6.07, 6.45) is 6.22. The molecular weight excluding hydrogens is 340 g/mol. The number of benzene rings is 2. The Hall–Kier alpha value is -2.30. The van der Waals surface area contributed by atoms with E-state index in [1.165, 1.54) is 34.7 Å². The summed E-state index contributed by atoms with van der Waals surface area (Å²) in [5, 5.41) is 1.38. The lowest BCUT2D eigenvalue weighted by Gasteiger charge is -2.26. The molecular formula is C26H32Si. The molecule has 0 fully saturated rings. The first-order chi connectivity index (χ1) is 13.1. The molecule has 0 heterocycles. The summed E-state index contributed by atoms with van der Waals surface area (Å²) in [5.74, 6) is 7.12. The van der Waals surface area contributed by atoms with Crippen LogP contribution < -0.4 is 0 Å². The van der Waals surface area contributed by atoms with Crippen molar-refractivity contribution in [3.63, 3.8) is 0 Å². The van der Waals surface area contributed by atoms with Crippen LogP contribution in [0.1, 0.15) is 43.7 Å². The zero-order chi connectivity index (χ0) is 19.5. The van der Waals surface area contributed by atoms with Crippen LogP contribution in [0.25, 0.3) is 5.57 Å². The van der Waals surface area contributed by atoms with Crippen LogP contribution in [0.15, 0.2) is 78.5 Å². The Balaban J connectivity index is 2.53. The van der Waals surface area contributed by atoms with Gasteiger partial charge in [-0.15, -0.1) is 6.58 Å². The number of rotatable bonds is 8. The summed E-state index contributed by atoms with van der Waals surface area (Å²) in [6.45, 7) is 11.1. The van der Waals surface area contributed by atoms with Gasteiger partial charge in [-0.25, -0.2) is 0 Å². The van der Waals surface area contributed by atoms with Crippen molar-refractivity contribution in [2.45, 2.75) is 51.7 Å². The highest BCUT2D eigenvalue weighted by Gasteiger charge is 2.28. The van der Waals surface area contributed by atoms with E-state index in [1.54, 1.807) is 0 Å². The van der Waals surface area contributed by atoms with Gasteiger partial charge in [0.15, 0.2) is 0 Å². The monoisotopic (exact) mass is 372 g/mol. The highest BCUT2D eigenvalue weighted by Crippen LogP contribution is 2.30. The van der Waals surface area contributed by atoms with Crippen LogP contribution in [0.4, 0.5) is 0 Å². The average Bonchev–Trinajstić information content (AvgIpc) is 2.68. The van der Waals surface area contributed by atoms with Gasteiger partial charge in [-0.1, -0.05) is 111 Å². The first kappa shape index (κ1) is 21.0. The third kappa shape index (κ3) is 6.42. The standard InChI is InChI=1S/C26H32Si/c1-5-7-8-15-21-26(25(16-6-2)24-19-13-10-14-20-24)27(3,4)22-23-17-11-9-12-18-23/h6,9-14,17-20H,2,5,7-8,16,22H2,1,3-4H3/b26-25-. The van der Waals surface area contributed by atoms with E-state index in [0.29, 0.717) is 0 Å². The molecule has 2 rings (SSSR count). The van der Waals surface area contributed by atoms with Gasteiger partial charge in [-0.3, -0.25) is 0 Å². The van der Waals surface area contributed by atoms with Crippen molar-refractivity contribution in [3.8, 4) is 11.8 Å². The van der Waals surface area contributed by atoms with Gasteiger partial charge in [-0.05, 0) is 35.2 Å². The molecule has 27 heavy (non-hydrogen) atoms. The second-order valence-corrected chi connectivity index (χ2v) is 12.3. The summed E-state index contributed by atoms with van der Waals surface area (Å²) in [5.41, 5.74) is 4.06. The van der Waals surface area contributed by atoms with E-state index in [9.17, 15) is 0 Å². The minimum absolute atomic E-state index is 0.868. The van der Waals surface area contributed by atoms with E-state index < -0.39 is 8.07 Å². The molecule has 0 spiro atoms. The molecule has 0 saturated carbocycles. The van der Waals surface area contributed by atoms with Crippen LogP contribution in [-0.2, 0) is 6.04 Å². The van der Waals surface area contributed by atoms with Crippen LogP contribution in [0.5, 0.6) is 0 Å². The van der Waals surface area contributed by atoms with Crippen molar-refractivity contribution in [2.24, 2.45) is 0 Å². The van der Waals surface area contributed by atoms with Crippen LogP contribution in [0.2, 0.25) is 13.1 Å². The Kier molecular flexibility index (Phi) is 8.36. The van der Waals surface area contributed by atoms with Gasteiger partial charge in [0.05, 0.1) is 8.07 Å². The zero-order valence-corrected chi connectivity index (χ0v) is 18.1. The maximum atomic E-state index is 4.02. The lowest BCUT2D eigenvalue weighted by atomic mass is 10.0. The molecule has 0 saturated heterocycles. The number of allylic oxidation sites excluding steroid dienone is 3. The van der Waals surface area contributed by atoms with Crippen LogP contribution in [0, 0.1) is 11.8 Å². The van der Waals surface area contributed by atoms with E-state index >= 15 is 0 Å². The third-order valence-corrected chi connectivity index (χ3v) is 7.88. The van der Waals surface area contributed by atoms with Crippen molar-refractivity contribution in [2.75, 3.05) is 0 Å². The second kappa shape index (κ2) is 10.8. The summed E-state index contributed by atoms with van der Waals surface area (Å²) in [4.78, 5) is 0. The molecule has 0 aliphatic carbocycles. The van der Waals surface area contributed by atoms with Gasteiger partial charge < -0.3 is 0 Å². The minimum Gasteiger partial charge on any atom is -0.103 e. The molecule has 0 unspecified atom stereocenters. The van der Waals surface area contributed by atoms with E-state index in [2.05, 4.69) is 99.1 Å². The van der Waals surface area contributed by atoms with E-state index in [-0.39, 0.29) is 0 Å². The largest absolute Gasteiger partial charge is 0.103 e. The molecule has 0 aromatic heterocycles. The van der Waals surface area contributed by atoms with Crippen LogP contribution in [0.3, 0.4) is 0 Å². The molecule has 0 radical (unpaired) electrons. The first-order valence-electron chi connectivity index (χ1n) is 10.0. The SMILES string of the molecule is C=CC/C(=C(\C#CCCCC)[Si](C)(C)Cc1ccccc1)c1ccccc1. The van der Waals surface area contributed by atoms with Crippen LogP contribution >= 0.6 is 0 Å². The minimum atomic E-state index is -1.76. The Morgan fingerprint density at radius 2 is 1.63 bits per heavy atom. The summed E-state index contributed by atoms with van der Waals surface area (Å²) in [6, 6.07) is 22.7. The Labute approximate surface area is 167 Å². The molecule has 2 aromatic carbocycles. The van der Waals surface area contributed by atoms with Crippen molar-refractivity contribution in [3.05, 3.63) is 89.6 Å². The zero-order valence-electron chi connectivity index (χ0n) is 17.1. The Morgan fingerprint density at radius 3 is 2.22 bits per heavy atom. The van der Waals surface area contributed by atoms with Gasteiger partial charge in [-0.2, -0.15) is 0 Å². The van der Waals surface area contributed by atoms with E-state index in [0.717, 1.165) is 18.9 Å². The fourth-order valence-electron chi connectivity index (χ4n) is 3.41. The van der Waals surface area contributed by atoms with E-state index in [4.69, 9.17) is 0 Å². The highest BCUT2D eigenvalue weighted by atomic mass is 28.3. The number of hydrogen-bond acceptors (Lipinski definition) is 0. The lowest BCUT2D eigenvalue weighted by molar-refractivity contribution is 0.828. The second-order valence-electron chi connectivity index (χ2n) is 7.66. The lowest BCUT2D eigenvalue weighted by Crippen LogP contribution is -2.33. The third-order valence-electron chi connectivity index (χ3n) is 4.81. The van der Waals surface area contributed by atoms with Gasteiger partial charge in [0, 0.05) is 6.42 Å². The smallest absolute Gasteiger partial charge is 0.0961 e. The van der Waals surface area contributed by atoms with Crippen molar-refractivity contribution in [1.29, 1.82) is 0 Å². The van der Waals surface area contributed by atoms with Gasteiger partial charge in [0.2, 0.25) is 0 Å². The van der Waals surface area contributed by atoms with Gasteiger partial charge in [0.1, 0.15) is 0 Å². The predicted octanol–water partition coefficient (Wildman–Crippen LogP) is 7.24. The molecule has 0 atom stereocenters. The molecule has 0 amide bonds. The van der Waals surface area contributed by atoms with Gasteiger partial charge >= 0.3 is 0 Å². The normalized spacial score (nSPS) is 12.0. The first-order valence-corrected chi connectivity index (χ1v) is 13.2. The molecule has 2 aromatic rings. The van der Waals surface area contributed by atoms with Crippen molar-refractivity contribution < 1.29 is 0 Å². The fourth-order valence-corrected chi connectivity index (χ4v) is 6.33. The molecule has 0 aliphatic heterocycles. The summed E-state index contributed by atoms with van der Waals surface area (Å²) in [7, 11) is -1.76. The van der Waals surface area contributed by atoms with Crippen LogP contribution in [-0.4, -0.2) is 8.07 Å². The summed E-state index contributed by atoms with van der Waals surface area (Å²) >= 11 is 0. The molecule has 1 heteroatoms. The molecule has 0 bridgehead atoms. The van der Waals surface area contributed by atoms with Gasteiger partial charge in [0.25, 0.3) is 0 Å². The topological polar surface area (TPSA) is 0 Å². The Morgan fingerprint density at radius 1 is 1.00 bits per heavy atom. The molecule has 140 valence electrons. The highest BCUT2D eigenvalue weighted by molar-refractivity contribution is 6.85. The average molecular weight is 373 g/mol. The molecule has 0 nitrogen and oxygen atoms in total. The molecule has 0 N–H and O–H groups in total. The van der Waals surface area contributed by atoms with Crippen molar-refractivity contribution in [1.82, 2.24) is 0 Å². The maximum Gasteiger partial charge on any atom is 0.0961 e. The summed E-state index contributed by atoms with van der Waals surface area (Å²) < 4.78 is 0. The fraction of sp³-hybridized carbons (Fsp3) is 0.308. The predicted molar refractivity (Wildman–Crippen MR) is 123 cm³/mol. The molecule has 0 aliphatic rings.